The van der Waals surface area contributed by atoms with Gasteiger partial charge in [-0.3, -0.25) is 0 Å². The van der Waals surface area contributed by atoms with Crippen molar-refractivity contribution in [3.63, 3.8) is 0 Å². The van der Waals surface area contributed by atoms with Crippen LogP contribution >= 0.6 is 0 Å². The van der Waals surface area contributed by atoms with Gasteiger partial charge >= 0.3 is 0 Å². The van der Waals surface area contributed by atoms with Crippen LogP contribution in [0.3, 0.4) is 0 Å². The number of hydrogen-bond donors (Lipinski definition) is 0. The Morgan fingerprint density at radius 2 is 2.27 bits per heavy atom. The van der Waals surface area contributed by atoms with Crippen LogP contribution in [0.5, 0.6) is 0 Å². The highest BCUT2D eigenvalue weighted by Crippen LogP contribution is 2.16. The Kier molecular flexibility index (Phi) is 2.32. The van der Waals surface area contributed by atoms with Crippen LogP contribution in [-0.2, 0) is 7.05 Å². The first kappa shape index (κ1) is 8.31. The summed E-state index contributed by atoms with van der Waals surface area (Å²) < 4.78 is 2.11. The molecule has 1 heterocycles. The minimum atomic E-state index is 0.577. The molecule has 0 spiro atoms. The van der Waals surface area contributed by atoms with Gasteiger partial charge in [0.1, 0.15) is 5.82 Å². The van der Waals surface area contributed by atoms with Crippen LogP contribution in [0.1, 0.15) is 37.7 Å². The second-order valence-electron chi connectivity index (χ2n) is 3.16. The summed E-state index contributed by atoms with van der Waals surface area (Å²) in [5.41, 5.74) is 1.11. The molecule has 11 heavy (non-hydrogen) atoms. The predicted molar refractivity (Wildman–Crippen MR) is 46.7 cm³/mol. The quantitative estimate of drug-likeness (QED) is 0.635. The molecular formula is C9H16N2. The van der Waals surface area contributed by atoms with E-state index in [2.05, 4.69) is 36.6 Å². The molecule has 0 radical (unpaired) electrons. The van der Waals surface area contributed by atoms with E-state index in [0.717, 1.165) is 12.1 Å². The summed E-state index contributed by atoms with van der Waals surface area (Å²) >= 11 is 0. The summed E-state index contributed by atoms with van der Waals surface area (Å²) in [7, 11) is 2.06. The first-order valence-electron chi connectivity index (χ1n) is 4.15. The van der Waals surface area contributed by atoms with E-state index in [-0.39, 0.29) is 0 Å². The van der Waals surface area contributed by atoms with Crippen molar-refractivity contribution in [2.45, 2.75) is 33.1 Å². The smallest absolute Gasteiger partial charge is 0.111 e. The standard InChI is InChI=1S/C9H16N2/c1-5-7(2)9-10-8(3)6-11(9)4/h6-7H,5H2,1-4H3. The lowest BCUT2D eigenvalue weighted by Gasteiger charge is -2.06. The highest BCUT2D eigenvalue weighted by atomic mass is 15.0. The van der Waals surface area contributed by atoms with Crippen molar-refractivity contribution >= 4 is 0 Å². The van der Waals surface area contributed by atoms with Gasteiger partial charge in [-0.1, -0.05) is 13.8 Å². The van der Waals surface area contributed by atoms with Crippen molar-refractivity contribution in [2.75, 3.05) is 0 Å². The Morgan fingerprint density at radius 1 is 1.64 bits per heavy atom. The van der Waals surface area contributed by atoms with E-state index in [1.165, 1.54) is 5.82 Å². The van der Waals surface area contributed by atoms with Gasteiger partial charge in [-0.2, -0.15) is 0 Å². The Hall–Kier alpha value is -0.790. The fraction of sp³-hybridized carbons (Fsp3) is 0.667. The van der Waals surface area contributed by atoms with E-state index < -0.39 is 0 Å². The highest BCUT2D eigenvalue weighted by molar-refractivity contribution is 5.05. The monoisotopic (exact) mass is 152 g/mol. The number of nitrogens with zero attached hydrogens (tertiary/aromatic N) is 2. The Morgan fingerprint density at radius 3 is 2.64 bits per heavy atom. The predicted octanol–water partition coefficient (Wildman–Crippen LogP) is 2.24. The van der Waals surface area contributed by atoms with Crippen LogP contribution in [-0.4, -0.2) is 9.55 Å². The molecule has 0 amide bonds. The molecule has 0 aliphatic rings. The van der Waals surface area contributed by atoms with Gasteiger partial charge < -0.3 is 4.57 Å². The van der Waals surface area contributed by atoms with E-state index in [9.17, 15) is 0 Å². The molecule has 0 N–H and O–H groups in total. The highest BCUT2D eigenvalue weighted by Gasteiger charge is 2.08. The number of aryl methyl sites for hydroxylation is 2. The first-order valence-corrected chi connectivity index (χ1v) is 4.15. The SMILES string of the molecule is CCC(C)c1nc(C)cn1C. The van der Waals surface area contributed by atoms with Crippen LogP contribution in [0.25, 0.3) is 0 Å². The molecule has 1 rings (SSSR count). The Balaban J connectivity index is 2.93. The van der Waals surface area contributed by atoms with Crippen LogP contribution in [0.15, 0.2) is 6.20 Å². The summed E-state index contributed by atoms with van der Waals surface area (Å²) in [5, 5.41) is 0. The van der Waals surface area contributed by atoms with Gasteiger partial charge in [0.05, 0.1) is 5.69 Å². The third kappa shape index (κ3) is 1.62. The third-order valence-electron chi connectivity index (χ3n) is 2.09. The molecule has 0 bridgehead atoms. The van der Waals surface area contributed by atoms with Crippen molar-refractivity contribution in [1.82, 2.24) is 9.55 Å². The van der Waals surface area contributed by atoms with Crippen LogP contribution in [0.2, 0.25) is 0 Å². The largest absolute Gasteiger partial charge is 0.338 e. The van der Waals surface area contributed by atoms with E-state index >= 15 is 0 Å². The van der Waals surface area contributed by atoms with Crippen LogP contribution in [0.4, 0.5) is 0 Å². The van der Waals surface area contributed by atoms with Crippen molar-refractivity contribution < 1.29 is 0 Å². The van der Waals surface area contributed by atoms with Gasteiger partial charge in [0.2, 0.25) is 0 Å². The first-order chi connectivity index (χ1) is 5.15. The maximum atomic E-state index is 4.44. The number of aromatic nitrogens is 2. The van der Waals surface area contributed by atoms with Gasteiger partial charge in [0, 0.05) is 19.2 Å². The normalized spacial score (nSPS) is 13.5. The zero-order chi connectivity index (χ0) is 8.43. The van der Waals surface area contributed by atoms with E-state index in [4.69, 9.17) is 0 Å². The maximum Gasteiger partial charge on any atom is 0.111 e. The number of rotatable bonds is 2. The number of hydrogen-bond acceptors (Lipinski definition) is 1. The third-order valence-corrected chi connectivity index (χ3v) is 2.09. The molecule has 0 saturated carbocycles. The molecule has 0 aromatic carbocycles. The van der Waals surface area contributed by atoms with Crippen molar-refractivity contribution in [3.8, 4) is 0 Å². The fourth-order valence-electron chi connectivity index (χ4n) is 1.28. The molecule has 2 nitrogen and oxygen atoms in total. The van der Waals surface area contributed by atoms with Gasteiger partial charge in [-0.05, 0) is 13.3 Å². The second kappa shape index (κ2) is 3.07. The van der Waals surface area contributed by atoms with Crippen molar-refractivity contribution in [1.29, 1.82) is 0 Å². The Bertz CT molecular complexity index is 238. The lowest BCUT2D eigenvalue weighted by atomic mass is 10.1. The summed E-state index contributed by atoms with van der Waals surface area (Å²) in [6, 6.07) is 0. The summed E-state index contributed by atoms with van der Waals surface area (Å²) in [5.74, 6) is 1.78. The molecular weight excluding hydrogens is 136 g/mol. The molecule has 1 unspecified atom stereocenters. The maximum absolute atomic E-state index is 4.44. The van der Waals surface area contributed by atoms with Crippen LogP contribution < -0.4 is 0 Å². The fourth-order valence-corrected chi connectivity index (χ4v) is 1.28. The lowest BCUT2D eigenvalue weighted by Crippen LogP contribution is -2.00. The molecule has 0 aliphatic carbocycles. The summed E-state index contributed by atoms with van der Waals surface area (Å²) in [4.78, 5) is 4.44. The van der Waals surface area contributed by atoms with Gasteiger partial charge in [-0.25, -0.2) is 4.98 Å². The minimum absolute atomic E-state index is 0.577. The average Bonchev–Trinajstić information content (AvgIpc) is 2.28. The molecule has 62 valence electrons. The zero-order valence-corrected chi connectivity index (χ0v) is 7.76. The van der Waals surface area contributed by atoms with Gasteiger partial charge in [-0.15, -0.1) is 0 Å². The summed E-state index contributed by atoms with van der Waals surface area (Å²) in [6.45, 7) is 6.43. The lowest BCUT2D eigenvalue weighted by molar-refractivity contribution is 0.642. The second-order valence-corrected chi connectivity index (χ2v) is 3.16. The molecule has 0 fully saturated rings. The molecule has 0 saturated heterocycles. The molecule has 1 aromatic heterocycles. The van der Waals surface area contributed by atoms with Crippen molar-refractivity contribution in [2.24, 2.45) is 7.05 Å². The van der Waals surface area contributed by atoms with Gasteiger partial charge in [0.15, 0.2) is 0 Å². The topological polar surface area (TPSA) is 17.8 Å². The van der Waals surface area contributed by atoms with Crippen LogP contribution in [0, 0.1) is 6.92 Å². The van der Waals surface area contributed by atoms with Gasteiger partial charge in [0.25, 0.3) is 0 Å². The van der Waals surface area contributed by atoms with Crippen molar-refractivity contribution in [3.05, 3.63) is 17.7 Å². The average molecular weight is 152 g/mol. The molecule has 0 aliphatic heterocycles. The van der Waals surface area contributed by atoms with E-state index in [1.54, 1.807) is 0 Å². The van der Waals surface area contributed by atoms with E-state index in [1.807, 2.05) is 6.92 Å². The number of imidazole rings is 1. The molecule has 2 heteroatoms. The minimum Gasteiger partial charge on any atom is -0.338 e. The molecule has 1 atom stereocenters. The molecule has 1 aromatic rings. The zero-order valence-electron chi connectivity index (χ0n) is 7.76. The van der Waals surface area contributed by atoms with E-state index in [0.29, 0.717) is 5.92 Å². The Labute approximate surface area is 68.3 Å². The summed E-state index contributed by atoms with van der Waals surface area (Å²) in [6.07, 6.45) is 3.23.